The fraction of sp³-hybridized carbons (Fsp3) is 0.667. The predicted molar refractivity (Wildman–Crippen MR) is 49.8 cm³/mol. The molecule has 0 saturated heterocycles. The van der Waals surface area contributed by atoms with E-state index in [1.807, 2.05) is 12.5 Å². The zero-order chi connectivity index (χ0) is 9.19. The molecule has 0 radical (unpaired) electrons. The number of nitrogens with two attached hydrogens (primary N) is 1. The van der Waals surface area contributed by atoms with Gasteiger partial charge in [0.15, 0.2) is 0 Å². The quantitative estimate of drug-likeness (QED) is 0.724. The maximum Gasteiger partial charge on any atom is 0.0949 e. The lowest BCUT2D eigenvalue weighted by Crippen LogP contribution is -2.30. The molecule has 1 aromatic heterocycles. The molecule has 0 fully saturated rings. The Kier molecular flexibility index (Phi) is 2.52. The van der Waals surface area contributed by atoms with Crippen LogP contribution in [-0.2, 0) is 0 Å². The van der Waals surface area contributed by atoms with E-state index >= 15 is 0 Å². The third-order valence-corrected chi connectivity index (χ3v) is 2.11. The Morgan fingerprint density at radius 1 is 1.50 bits per heavy atom. The highest BCUT2D eigenvalue weighted by Gasteiger charge is 2.23. The number of aromatic nitrogens is 2. The summed E-state index contributed by atoms with van der Waals surface area (Å²) in [4.78, 5) is 4.01. The van der Waals surface area contributed by atoms with E-state index in [2.05, 4.69) is 30.3 Å². The van der Waals surface area contributed by atoms with Gasteiger partial charge in [-0.15, -0.1) is 0 Å². The van der Waals surface area contributed by atoms with Crippen molar-refractivity contribution in [1.82, 2.24) is 9.55 Å². The molecule has 68 valence electrons. The molecule has 3 nitrogen and oxygen atoms in total. The molecule has 0 spiro atoms. The van der Waals surface area contributed by atoms with Crippen molar-refractivity contribution in [2.75, 3.05) is 6.54 Å². The van der Waals surface area contributed by atoms with E-state index in [1.165, 1.54) is 0 Å². The largest absolute Gasteiger partial charge is 0.333 e. The summed E-state index contributed by atoms with van der Waals surface area (Å²) in [5, 5.41) is 0. The van der Waals surface area contributed by atoms with Crippen molar-refractivity contribution >= 4 is 0 Å². The lowest BCUT2D eigenvalue weighted by molar-refractivity contribution is 0.248. The Labute approximate surface area is 73.6 Å². The van der Waals surface area contributed by atoms with Crippen molar-refractivity contribution in [3.05, 3.63) is 18.7 Å². The number of rotatable bonds is 2. The molecule has 0 aliphatic carbocycles. The molecule has 2 N–H and O–H groups in total. The number of hydrogen-bond acceptors (Lipinski definition) is 2. The molecule has 1 atom stereocenters. The lowest BCUT2D eigenvalue weighted by atomic mass is 9.87. The van der Waals surface area contributed by atoms with Crippen molar-refractivity contribution in [3.8, 4) is 0 Å². The van der Waals surface area contributed by atoms with Gasteiger partial charge in [0.2, 0.25) is 0 Å². The van der Waals surface area contributed by atoms with Gasteiger partial charge < -0.3 is 10.3 Å². The topological polar surface area (TPSA) is 43.8 Å². The first-order valence-corrected chi connectivity index (χ1v) is 4.23. The van der Waals surface area contributed by atoms with E-state index in [0.29, 0.717) is 12.6 Å². The second kappa shape index (κ2) is 3.27. The normalized spacial score (nSPS) is 14.7. The second-order valence-electron chi connectivity index (χ2n) is 4.13. The lowest BCUT2D eigenvalue weighted by Gasteiger charge is -2.30. The minimum absolute atomic E-state index is 0.190. The molecule has 0 aliphatic heterocycles. The zero-order valence-corrected chi connectivity index (χ0v) is 7.99. The minimum atomic E-state index is 0.190. The Hall–Kier alpha value is -0.830. The third-order valence-electron chi connectivity index (χ3n) is 2.11. The molecule has 0 saturated carbocycles. The van der Waals surface area contributed by atoms with E-state index in [4.69, 9.17) is 5.73 Å². The summed E-state index contributed by atoms with van der Waals surface area (Å²) >= 11 is 0. The molecule has 0 amide bonds. The Bertz CT molecular complexity index is 220. The number of imidazole rings is 1. The summed E-state index contributed by atoms with van der Waals surface area (Å²) < 4.78 is 2.07. The first-order chi connectivity index (χ1) is 5.55. The molecule has 0 bridgehead atoms. The molecule has 1 heterocycles. The summed E-state index contributed by atoms with van der Waals surface area (Å²) in [6, 6.07) is 0.333. The van der Waals surface area contributed by atoms with Crippen LogP contribution in [0.5, 0.6) is 0 Å². The summed E-state index contributed by atoms with van der Waals surface area (Å²) in [5.74, 6) is 0. The Balaban J connectivity index is 2.84. The summed E-state index contributed by atoms with van der Waals surface area (Å²) in [5.41, 5.74) is 5.89. The molecule has 0 aliphatic rings. The second-order valence-corrected chi connectivity index (χ2v) is 4.13. The first kappa shape index (κ1) is 9.26. The standard InChI is InChI=1S/C9H17N3/c1-9(2,3)8(6-10)12-5-4-11-7-12/h4-5,7-8H,6,10H2,1-3H3. The van der Waals surface area contributed by atoms with Crippen LogP contribution in [0.15, 0.2) is 18.7 Å². The molecule has 1 unspecified atom stereocenters. The van der Waals surface area contributed by atoms with Crippen LogP contribution in [0.25, 0.3) is 0 Å². The maximum atomic E-state index is 5.70. The average Bonchev–Trinajstić information content (AvgIpc) is 2.38. The molecule has 3 heteroatoms. The fourth-order valence-corrected chi connectivity index (χ4v) is 1.38. The van der Waals surface area contributed by atoms with Gasteiger partial charge in [-0.25, -0.2) is 4.98 Å². The van der Waals surface area contributed by atoms with Crippen molar-refractivity contribution < 1.29 is 0 Å². The smallest absolute Gasteiger partial charge is 0.0949 e. The first-order valence-electron chi connectivity index (χ1n) is 4.23. The van der Waals surface area contributed by atoms with Gasteiger partial charge in [-0.3, -0.25) is 0 Å². The average molecular weight is 167 g/mol. The number of hydrogen-bond donors (Lipinski definition) is 1. The van der Waals surface area contributed by atoms with Crippen LogP contribution in [-0.4, -0.2) is 16.1 Å². The highest BCUT2D eigenvalue weighted by molar-refractivity contribution is 4.87. The molecule has 1 rings (SSSR count). The molecular weight excluding hydrogens is 150 g/mol. The van der Waals surface area contributed by atoms with Crippen LogP contribution in [0.1, 0.15) is 26.8 Å². The van der Waals surface area contributed by atoms with E-state index in [0.717, 1.165) is 0 Å². The van der Waals surface area contributed by atoms with Crippen LogP contribution >= 0.6 is 0 Å². The SMILES string of the molecule is CC(C)(C)C(CN)n1ccnc1. The van der Waals surface area contributed by atoms with Crippen LogP contribution in [0, 0.1) is 5.41 Å². The van der Waals surface area contributed by atoms with Crippen LogP contribution in [0.3, 0.4) is 0 Å². The van der Waals surface area contributed by atoms with Gasteiger partial charge in [0, 0.05) is 18.9 Å². The van der Waals surface area contributed by atoms with Crippen molar-refractivity contribution in [1.29, 1.82) is 0 Å². The van der Waals surface area contributed by atoms with Crippen molar-refractivity contribution in [3.63, 3.8) is 0 Å². The Morgan fingerprint density at radius 3 is 2.50 bits per heavy atom. The van der Waals surface area contributed by atoms with Gasteiger partial charge in [-0.2, -0.15) is 0 Å². The Morgan fingerprint density at radius 2 is 2.17 bits per heavy atom. The monoisotopic (exact) mass is 167 g/mol. The fourth-order valence-electron chi connectivity index (χ4n) is 1.38. The zero-order valence-electron chi connectivity index (χ0n) is 7.99. The van der Waals surface area contributed by atoms with Crippen LogP contribution in [0.4, 0.5) is 0 Å². The van der Waals surface area contributed by atoms with Gasteiger partial charge in [-0.05, 0) is 5.41 Å². The highest BCUT2D eigenvalue weighted by Crippen LogP contribution is 2.28. The van der Waals surface area contributed by atoms with Gasteiger partial charge in [0.25, 0.3) is 0 Å². The van der Waals surface area contributed by atoms with Gasteiger partial charge >= 0.3 is 0 Å². The highest BCUT2D eigenvalue weighted by atomic mass is 15.1. The molecule has 0 aromatic carbocycles. The van der Waals surface area contributed by atoms with Crippen molar-refractivity contribution in [2.45, 2.75) is 26.8 Å². The van der Waals surface area contributed by atoms with E-state index in [9.17, 15) is 0 Å². The summed E-state index contributed by atoms with van der Waals surface area (Å²) in [6.07, 6.45) is 5.57. The third kappa shape index (κ3) is 1.85. The predicted octanol–water partition coefficient (Wildman–Crippen LogP) is 1.43. The molecular formula is C9H17N3. The van der Waals surface area contributed by atoms with Crippen LogP contribution in [0.2, 0.25) is 0 Å². The summed E-state index contributed by atoms with van der Waals surface area (Å²) in [6.45, 7) is 7.21. The van der Waals surface area contributed by atoms with Crippen LogP contribution < -0.4 is 5.73 Å². The summed E-state index contributed by atoms with van der Waals surface area (Å²) in [7, 11) is 0. The van der Waals surface area contributed by atoms with Crippen molar-refractivity contribution in [2.24, 2.45) is 11.1 Å². The maximum absolute atomic E-state index is 5.70. The van der Waals surface area contributed by atoms with E-state index in [-0.39, 0.29) is 5.41 Å². The molecule has 12 heavy (non-hydrogen) atoms. The van der Waals surface area contributed by atoms with Gasteiger partial charge in [0.1, 0.15) is 0 Å². The minimum Gasteiger partial charge on any atom is -0.333 e. The van der Waals surface area contributed by atoms with E-state index in [1.54, 1.807) is 6.20 Å². The van der Waals surface area contributed by atoms with Gasteiger partial charge in [-0.1, -0.05) is 20.8 Å². The van der Waals surface area contributed by atoms with Gasteiger partial charge in [0.05, 0.1) is 12.4 Å². The van der Waals surface area contributed by atoms with E-state index < -0.39 is 0 Å². The number of nitrogens with zero attached hydrogens (tertiary/aromatic N) is 2. The molecule has 1 aromatic rings.